The molecule has 0 radical (unpaired) electrons. The summed E-state index contributed by atoms with van der Waals surface area (Å²) in [5, 5.41) is 12.7. The summed E-state index contributed by atoms with van der Waals surface area (Å²) in [7, 11) is 0. The monoisotopic (exact) mass is 421 g/mol. The first kappa shape index (κ1) is 20.8. The summed E-state index contributed by atoms with van der Waals surface area (Å²) in [6, 6.07) is 13.4. The molecule has 0 unspecified atom stereocenters. The quantitative estimate of drug-likeness (QED) is 0.390. The van der Waals surface area contributed by atoms with Gasteiger partial charge in [0.1, 0.15) is 17.7 Å². The third-order valence-corrected chi connectivity index (χ3v) is 5.17. The minimum absolute atomic E-state index is 0.319. The van der Waals surface area contributed by atoms with Crippen LogP contribution in [0.4, 0.5) is 23.3 Å². The average Bonchev–Trinajstić information content (AvgIpc) is 2.75. The largest absolute Gasteiger partial charge is 0.399 e. The Morgan fingerprint density at radius 1 is 1.03 bits per heavy atom. The van der Waals surface area contributed by atoms with E-state index >= 15 is 0 Å². The zero-order valence-corrected chi connectivity index (χ0v) is 18.1. The average molecular weight is 422 g/mol. The molecule has 0 saturated carbocycles. The highest BCUT2D eigenvalue weighted by Crippen LogP contribution is 2.37. The maximum absolute atomic E-state index is 8.96. The lowest BCUT2D eigenvalue weighted by Crippen LogP contribution is -2.04. The molecular weight excluding hydrogens is 398 g/mol. The predicted molar refractivity (Wildman–Crippen MR) is 130 cm³/mol. The van der Waals surface area contributed by atoms with E-state index in [0.717, 1.165) is 27.8 Å². The number of rotatable bonds is 4. The van der Waals surface area contributed by atoms with Crippen LogP contribution in [-0.2, 0) is 0 Å². The van der Waals surface area contributed by atoms with Gasteiger partial charge in [-0.2, -0.15) is 10.2 Å². The first-order chi connectivity index (χ1) is 15.4. The van der Waals surface area contributed by atoms with Gasteiger partial charge in [0.2, 0.25) is 5.95 Å². The molecule has 2 aromatic heterocycles. The normalized spacial score (nSPS) is 11.1. The molecule has 0 amide bonds. The van der Waals surface area contributed by atoms with Gasteiger partial charge in [0.05, 0.1) is 11.1 Å². The zero-order chi connectivity index (χ0) is 22.8. The van der Waals surface area contributed by atoms with Crippen molar-refractivity contribution in [2.45, 2.75) is 20.8 Å². The standard InChI is InChI=1S/C25H23N7/c1-4-5-16-8-14(2)22(15(3)9-16)19-10-18(27)11-20-23(19)31-25(32-24(20)28)30-21-7-6-17(12-26)13-29-21/h4-11,13H,27H2,1-3H3,(H3,28,29,30,31,32)/b5-4+. The number of aromatic nitrogens is 3. The van der Waals surface area contributed by atoms with Crippen LogP contribution in [0.3, 0.4) is 0 Å². The minimum atomic E-state index is 0.319. The van der Waals surface area contributed by atoms with Gasteiger partial charge in [0.25, 0.3) is 0 Å². The molecule has 4 rings (SSSR count). The molecule has 4 aromatic rings. The van der Waals surface area contributed by atoms with Crippen LogP contribution in [0.15, 0.2) is 48.7 Å². The molecule has 0 atom stereocenters. The van der Waals surface area contributed by atoms with Crippen LogP contribution >= 0.6 is 0 Å². The van der Waals surface area contributed by atoms with Crippen LogP contribution in [0.5, 0.6) is 0 Å². The Morgan fingerprint density at radius 3 is 2.41 bits per heavy atom. The molecule has 7 nitrogen and oxygen atoms in total. The maximum Gasteiger partial charge on any atom is 0.230 e. The third kappa shape index (κ3) is 3.94. The van der Waals surface area contributed by atoms with Crippen molar-refractivity contribution in [2.24, 2.45) is 0 Å². The molecular formula is C25H23N7. The second-order valence-electron chi connectivity index (χ2n) is 7.60. The molecule has 0 fully saturated rings. The molecule has 0 aliphatic carbocycles. The van der Waals surface area contributed by atoms with E-state index in [4.69, 9.17) is 21.7 Å². The van der Waals surface area contributed by atoms with Crippen molar-refractivity contribution in [3.05, 3.63) is 70.9 Å². The first-order valence-corrected chi connectivity index (χ1v) is 10.1. The number of hydrogen-bond donors (Lipinski definition) is 3. The second kappa shape index (κ2) is 8.36. The summed E-state index contributed by atoms with van der Waals surface area (Å²) < 4.78 is 0. The Hall–Kier alpha value is -4.44. The van der Waals surface area contributed by atoms with Crippen molar-refractivity contribution in [2.75, 3.05) is 16.8 Å². The van der Waals surface area contributed by atoms with Gasteiger partial charge in [-0.3, -0.25) is 0 Å². The number of benzene rings is 2. The van der Waals surface area contributed by atoms with E-state index in [1.165, 1.54) is 6.20 Å². The van der Waals surface area contributed by atoms with Crippen molar-refractivity contribution in [1.82, 2.24) is 15.0 Å². The van der Waals surface area contributed by atoms with E-state index < -0.39 is 0 Å². The highest BCUT2D eigenvalue weighted by Gasteiger charge is 2.16. The molecule has 0 bridgehead atoms. The summed E-state index contributed by atoms with van der Waals surface area (Å²) in [6.45, 7) is 6.16. The van der Waals surface area contributed by atoms with Crippen LogP contribution in [0.1, 0.15) is 29.2 Å². The van der Waals surface area contributed by atoms with Gasteiger partial charge in [0, 0.05) is 22.8 Å². The van der Waals surface area contributed by atoms with E-state index in [1.807, 2.05) is 25.1 Å². The number of nitrogen functional groups attached to an aromatic ring is 2. The fraction of sp³-hybridized carbons (Fsp3) is 0.120. The number of anilines is 4. The molecule has 0 aliphatic heterocycles. The molecule has 2 heterocycles. The van der Waals surface area contributed by atoms with E-state index in [0.29, 0.717) is 39.7 Å². The Balaban J connectivity index is 1.89. The fourth-order valence-electron chi connectivity index (χ4n) is 3.88. The summed E-state index contributed by atoms with van der Waals surface area (Å²) in [6.07, 6.45) is 5.58. The third-order valence-electron chi connectivity index (χ3n) is 5.17. The topological polar surface area (TPSA) is 127 Å². The molecule has 7 heteroatoms. The van der Waals surface area contributed by atoms with Gasteiger partial charge in [-0.1, -0.05) is 24.3 Å². The lowest BCUT2D eigenvalue weighted by Gasteiger charge is -2.16. The van der Waals surface area contributed by atoms with Crippen molar-refractivity contribution in [1.29, 1.82) is 5.26 Å². The van der Waals surface area contributed by atoms with Crippen molar-refractivity contribution >= 4 is 40.3 Å². The molecule has 2 aromatic carbocycles. The summed E-state index contributed by atoms with van der Waals surface area (Å²) >= 11 is 0. The fourth-order valence-corrected chi connectivity index (χ4v) is 3.88. The van der Waals surface area contributed by atoms with Gasteiger partial charge >= 0.3 is 0 Å². The van der Waals surface area contributed by atoms with E-state index in [9.17, 15) is 0 Å². The summed E-state index contributed by atoms with van der Waals surface area (Å²) in [4.78, 5) is 13.4. The minimum Gasteiger partial charge on any atom is -0.399 e. The van der Waals surface area contributed by atoms with Crippen LogP contribution in [0.25, 0.3) is 28.1 Å². The van der Waals surface area contributed by atoms with Crippen molar-refractivity contribution < 1.29 is 0 Å². The van der Waals surface area contributed by atoms with Crippen molar-refractivity contribution in [3.63, 3.8) is 0 Å². The molecule has 0 saturated heterocycles. The molecule has 0 aliphatic rings. The van der Waals surface area contributed by atoms with Crippen LogP contribution in [0, 0.1) is 25.2 Å². The Labute approximate surface area is 186 Å². The van der Waals surface area contributed by atoms with E-state index in [1.54, 1.807) is 18.2 Å². The van der Waals surface area contributed by atoms with Gasteiger partial charge < -0.3 is 16.8 Å². The van der Waals surface area contributed by atoms with Crippen LogP contribution in [0.2, 0.25) is 0 Å². The van der Waals surface area contributed by atoms with Gasteiger partial charge in [-0.25, -0.2) is 9.97 Å². The molecule has 32 heavy (non-hydrogen) atoms. The number of pyridine rings is 1. The number of allylic oxidation sites excluding steroid dienone is 1. The predicted octanol–water partition coefficient (Wildman–Crippen LogP) is 5.12. The zero-order valence-electron chi connectivity index (χ0n) is 18.1. The smallest absolute Gasteiger partial charge is 0.230 e. The SMILES string of the molecule is C/C=C/c1cc(C)c(-c2cc(N)cc3c(N)nc(Nc4ccc(C#N)cn4)nc23)c(C)c1. The molecule has 0 spiro atoms. The van der Waals surface area contributed by atoms with Crippen LogP contribution in [-0.4, -0.2) is 15.0 Å². The summed E-state index contributed by atoms with van der Waals surface area (Å²) in [5.74, 6) is 1.16. The maximum atomic E-state index is 8.96. The Morgan fingerprint density at radius 2 is 1.78 bits per heavy atom. The Bertz CT molecular complexity index is 1370. The number of hydrogen-bond acceptors (Lipinski definition) is 7. The van der Waals surface area contributed by atoms with Gasteiger partial charge in [-0.15, -0.1) is 0 Å². The molecule has 158 valence electrons. The number of nitrogens with one attached hydrogen (secondary N) is 1. The number of nitrogens with zero attached hydrogens (tertiary/aromatic N) is 4. The first-order valence-electron chi connectivity index (χ1n) is 10.1. The Kier molecular flexibility index (Phi) is 5.44. The van der Waals surface area contributed by atoms with Crippen molar-refractivity contribution in [3.8, 4) is 17.2 Å². The van der Waals surface area contributed by atoms with E-state index in [-0.39, 0.29) is 0 Å². The second-order valence-corrected chi connectivity index (χ2v) is 7.60. The van der Waals surface area contributed by atoms with Gasteiger partial charge in [-0.05, 0) is 67.3 Å². The highest BCUT2D eigenvalue weighted by molar-refractivity contribution is 6.02. The number of fused-ring (bicyclic) bond motifs is 1. The number of aryl methyl sites for hydroxylation is 2. The van der Waals surface area contributed by atoms with Crippen LogP contribution < -0.4 is 16.8 Å². The lowest BCUT2D eigenvalue weighted by atomic mass is 9.91. The highest BCUT2D eigenvalue weighted by atomic mass is 15.2. The number of nitriles is 1. The van der Waals surface area contributed by atoms with E-state index in [2.05, 4.69) is 47.3 Å². The molecule has 5 N–H and O–H groups in total. The number of nitrogens with two attached hydrogens (primary N) is 2. The lowest BCUT2D eigenvalue weighted by molar-refractivity contribution is 1.19. The van der Waals surface area contributed by atoms with Gasteiger partial charge in [0.15, 0.2) is 0 Å². The summed E-state index contributed by atoms with van der Waals surface area (Å²) in [5.41, 5.74) is 19.6.